The number of carbonyl (C=O) groups is 2. The predicted molar refractivity (Wildman–Crippen MR) is 116 cm³/mol. The third-order valence-electron chi connectivity index (χ3n) is 5.40. The highest BCUT2D eigenvalue weighted by Gasteiger charge is 2.30. The lowest BCUT2D eigenvalue weighted by molar-refractivity contribution is -0.124. The molecular weight excluding hydrogens is 398 g/mol. The molecule has 2 heterocycles. The van der Waals surface area contributed by atoms with Crippen molar-refractivity contribution in [1.82, 2.24) is 4.90 Å². The molecule has 31 heavy (non-hydrogen) atoms. The van der Waals surface area contributed by atoms with Crippen LogP contribution in [0.25, 0.3) is 11.0 Å². The molecule has 8 heteroatoms. The molecule has 0 fully saturated rings. The molecule has 1 atom stereocenters. The van der Waals surface area contributed by atoms with Gasteiger partial charge in [0, 0.05) is 36.3 Å². The molecule has 0 saturated carbocycles. The number of hydrogen-bond donors (Lipinski definition) is 2. The Labute approximate surface area is 178 Å². The van der Waals surface area contributed by atoms with Crippen LogP contribution in [0.4, 0.5) is 10.5 Å². The zero-order chi connectivity index (χ0) is 22.0. The van der Waals surface area contributed by atoms with Gasteiger partial charge in [-0.25, -0.2) is 9.59 Å². The number of hydrogen-bond acceptors (Lipinski definition) is 6. The fraction of sp³-hybridized carbons (Fsp3) is 0.261. The highest BCUT2D eigenvalue weighted by Crippen LogP contribution is 2.28. The molecule has 1 aliphatic heterocycles. The number of benzene rings is 2. The number of nitrogens with two attached hydrogens (primary N) is 1. The summed E-state index contributed by atoms with van der Waals surface area (Å²) in [4.78, 5) is 38.0. The van der Waals surface area contributed by atoms with Gasteiger partial charge in [-0.05, 0) is 42.2 Å². The van der Waals surface area contributed by atoms with Crippen LogP contribution in [-0.4, -0.2) is 29.5 Å². The smallest absolute Gasteiger partial charge is 0.411 e. The third kappa shape index (κ3) is 4.44. The molecule has 3 N–H and O–H groups in total. The average molecular weight is 421 g/mol. The molecule has 0 radical (unpaired) electrons. The minimum Gasteiger partial charge on any atom is -0.450 e. The van der Waals surface area contributed by atoms with Crippen LogP contribution in [0.3, 0.4) is 0 Å². The van der Waals surface area contributed by atoms with Gasteiger partial charge in [-0.3, -0.25) is 15.0 Å². The Hall–Kier alpha value is -3.65. The third-order valence-corrected chi connectivity index (χ3v) is 5.40. The number of carbonyl (C=O) groups excluding carboxylic acids is 2. The molecule has 1 aromatic heterocycles. The SMILES string of the molecule is CCOC(=O)Nc1ccc2c(CN3Cc4ccccc4C[C@H]3C(N)=O)cc(=O)oc2c1. The summed E-state index contributed by atoms with van der Waals surface area (Å²) >= 11 is 0. The fourth-order valence-corrected chi connectivity index (χ4v) is 3.97. The van der Waals surface area contributed by atoms with E-state index in [0.29, 0.717) is 30.8 Å². The van der Waals surface area contributed by atoms with E-state index in [1.165, 1.54) is 6.07 Å². The van der Waals surface area contributed by atoms with Gasteiger partial charge in [-0.2, -0.15) is 0 Å². The van der Waals surface area contributed by atoms with Crippen molar-refractivity contribution < 1.29 is 18.7 Å². The largest absolute Gasteiger partial charge is 0.450 e. The Morgan fingerprint density at radius 3 is 2.71 bits per heavy atom. The first-order chi connectivity index (χ1) is 14.9. The summed E-state index contributed by atoms with van der Waals surface area (Å²) in [6, 6.07) is 14.0. The molecule has 0 aliphatic carbocycles. The van der Waals surface area contributed by atoms with Gasteiger partial charge in [0.25, 0.3) is 0 Å². The molecule has 1 aliphatic rings. The molecule has 3 aromatic rings. The molecule has 0 spiro atoms. The number of anilines is 1. The van der Waals surface area contributed by atoms with Gasteiger partial charge in [0.1, 0.15) is 5.58 Å². The Morgan fingerprint density at radius 1 is 1.19 bits per heavy atom. The highest BCUT2D eigenvalue weighted by molar-refractivity contribution is 5.90. The summed E-state index contributed by atoms with van der Waals surface area (Å²) in [6.07, 6.45) is -0.0602. The predicted octanol–water partition coefficient (Wildman–Crippen LogP) is 2.77. The van der Waals surface area contributed by atoms with Crippen molar-refractivity contribution in [3.8, 4) is 0 Å². The van der Waals surface area contributed by atoms with E-state index in [0.717, 1.165) is 22.1 Å². The van der Waals surface area contributed by atoms with Crippen molar-refractivity contribution in [2.45, 2.75) is 32.5 Å². The monoisotopic (exact) mass is 421 g/mol. The van der Waals surface area contributed by atoms with E-state index in [1.807, 2.05) is 29.2 Å². The summed E-state index contributed by atoms with van der Waals surface area (Å²) in [7, 11) is 0. The van der Waals surface area contributed by atoms with Crippen LogP contribution in [0, 0.1) is 0 Å². The second-order valence-electron chi connectivity index (χ2n) is 7.44. The van der Waals surface area contributed by atoms with Crippen LogP contribution in [-0.2, 0) is 29.0 Å². The van der Waals surface area contributed by atoms with Crippen LogP contribution in [0.5, 0.6) is 0 Å². The number of ether oxygens (including phenoxy) is 1. The first-order valence-corrected chi connectivity index (χ1v) is 10.1. The second-order valence-corrected chi connectivity index (χ2v) is 7.44. The Balaban J connectivity index is 1.66. The lowest BCUT2D eigenvalue weighted by Crippen LogP contribution is -2.48. The van der Waals surface area contributed by atoms with Crippen LogP contribution in [0.1, 0.15) is 23.6 Å². The summed E-state index contributed by atoms with van der Waals surface area (Å²) in [6.45, 7) is 2.87. The van der Waals surface area contributed by atoms with Gasteiger partial charge < -0.3 is 14.9 Å². The first-order valence-electron chi connectivity index (χ1n) is 10.1. The molecule has 4 rings (SSSR count). The second kappa shape index (κ2) is 8.61. The Morgan fingerprint density at radius 2 is 1.97 bits per heavy atom. The molecule has 0 bridgehead atoms. The average Bonchev–Trinajstić information content (AvgIpc) is 2.73. The maximum absolute atomic E-state index is 12.2. The Bertz CT molecular complexity index is 1200. The van der Waals surface area contributed by atoms with Crippen LogP contribution in [0.2, 0.25) is 0 Å². The summed E-state index contributed by atoms with van der Waals surface area (Å²) in [5.41, 5.74) is 8.93. The van der Waals surface area contributed by atoms with Crippen molar-refractivity contribution in [3.05, 3.63) is 75.6 Å². The van der Waals surface area contributed by atoms with Gasteiger partial charge in [0.05, 0.1) is 12.6 Å². The topological polar surface area (TPSA) is 115 Å². The minimum absolute atomic E-state index is 0.249. The number of fused-ring (bicyclic) bond motifs is 2. The summed E-state index contributed by atoms with van der Waals surface area (Å²) < 4.78 is 10.2. The zero-order valence-corrected chi connectivity index (χ0v) is 17.1. The van der Waals surface area contributed by atoms with Crippen LogP contribution < -0.4 is 16.7 Å². The molecule has 8 nitrogen and oxygen atoms in total. The van der Waals surface area contributed by atoms with Gasteiger partial charge in [0.15, 0.2) is 0 Å². The first kappa shape index (κ1) is 20.6. The normalized spacial score (nSPS) is 16.0. The van der Waals surface area contributed by atoms with Gasteiger partial charge in [-0.1, -0.05) is 24.3 Å². The standard InChI is InChI=1S/C23H23N3O5/c1-2-30-23(29)25-17-7-8-18-16(10-21(27)31-20(18)11-17)13-26-12-15-6-4-3-5-14(15)9-19(26)22(24)28/h3-8,10-11,19H,2,9,12-13H2,1H3,(H2,24,28)(H,25,29)/t19-/m0/s1. The van der Waals surface area contributed by atoms with E-state index in [1.54, 1.807) is 25.1 Å². The van der Waals surface area contributed by atoms with Crippen molar-refractivity contribution >= 4 is 28.7 Å². The van der Waals surface area contributed by atoms with Crippen molar-refractivity contribution in [3.63, 3.8) is 0 Å². The number of primary amides is 1. The van der Waals surface area contributed by atoms with Crippen molar-refractivity contribution in [1.29, 1.82) is 0 Å². The van der Waals surface area contributed by atoms with E-state index >= 15 is 0 Å². The van der Waals surface area contributed by atoms with Crippen LogP contribution in [0.15, 0.2) is 57.7 Å². The maximum atomic E-state index is 12.2. The lowest BCUT2D eigenvalue weighted by atomic mass is 9.93. The van der Waals surface area contributed by atoms with Crippen molar-refractivity contribution in [2.24, 2.45) is 5.73 Å². The molecule has 160 valence electrons. The fourth-order valence-electron chi connectivity index (χ4n) is 3.97. The van der Waals surface area contributed by atoms with E-state index in [4.69, 9.17) is 14.9 Å². The minimum atomic E-state index is -0.586. The quantitative estimate of drug-likeness (QED) is 0.612. The number of nitrogens with zero attached hydrogens (tertiary/aromatic N) is 1. The summed E-state index contributed by atoms with van der Waals surface area (Å²) in [5.74, 6) is -0.400. The van der Waals surface area contributed by atoms with Crippen LogP contribution >= 0.6 is 0 Å². The lowest BCUT2D eigenvalue weighted by Gasteiger charge is -2.35. The van der Waals surface area contributed by atoms with Gasteiger partial charge >= 0.3 is 11.7 Å². The van der Waals surface area contributed by atoms with Crippen molar-refractivity contribution in [2.75, 3.05) is 11.9 Å². The van der Waals surface area contributed by atoms with E-state index in [2.05, 4.69) is 5.32 Å². The molecule has 2 amide bonds. The molecular formula is C23H23N3O5. The number of rotatable bonds is 5. The number of amides is 2. The van der Waals surface area contributed by atoms with E-state index in [-0.39, 0.29) is 6.61 Å². The molecule has 0 saturated heterocycles. The zero-order valence-electron chi connectivity index (χ0n) is 17.1. The summed E-state index contributed by atoms with van der Waals surface area (Å²) in [5, 5.41) is 3.31. The number of nitrogens with one attached hydrogen (secondary N) is 1. The highest BCUT2D eigenvalue weighted by atomic mass is 16.5. The molecule has 2 aromatic carbocycles. The molecule has 0 unspecified atom stereocenters. The van der Waals surface area contributed by atoms with E-state index in [9.17, 15) is 14.4 Å². The maximum Gasteiger partial charge on any atom is 0.411 e. The van der Waals surface area contributed by atoms with Gasteiger partial charge in [0.2, 0.25) is 5.91 Å². The Kier molecular flexibility index (Phi) is 5.73. The van der Waals surface area contributed by atoms with E-state index < -0.39 is 23.7 Å². The van der Waals surface area contributed by atoms with Gasteiger partial charge in [-0.15, -0.1) is 0 Å².